The molecular formula is C17H15FN2O. The van der Waals surface area contributed by atoms with Crippen molar-refractivity contribution in [3.63, 3.8) is 0 Å². The van der Waals surface area contributed by atoms with Gasteiger partial charge in [-0.05, 0) is 36.6 Å². The van der Waals surface area contributed by atoms with Crippen LogP contribution in [0.3, 0.4) is 0 Å². The van der Waals surface area contributed by atoms with E-state index >= 15 is 0 Å². The van der Waals surface area contributed by atoms with Crippen molar-refractivity contribution >= 4 is 5.91 Å². The van der Waals surface area contributed by atoms with Gasteiger partial charge in [-0.1, -0.05) is 30.3 Å². The third-order valence-electron chi connectivity index (χ3n) is 3.11. The number of hydrogen-bond acceptors (Lipinski definition) is 2. The lowest BCUT2D eigenvalue weighted by Gasteiger charge is -2.06. The fraction of sp³-hybridized carbons (Fsp3) is 0.176. The Bertz CT molecular complexity index is 662. The van der Waals surface area contributed by atoms with E-state index in [9.17, 15) is 9.18 Å². The zero-order chi connectivity index (χ0) is 15.1. The zero-order valence-electron chi connectivity index (χ0n) is 11.5. The van der Waals surface area contributed by atoms with Crippen molar-refractivity contribution in [1.82, 2.24) is 5.32 Å². The minimum absolute atomic E-state index is 0.0336. The molecule has 2 rings (SSSR count). The van der Waals surface area contributed by atoms with Crippen molar-refractivity contribution in [1.29, 1.82) is 5.26 Å². The van der Waals surface area contributed by atoms with Gasteiger partial charge in [0.15, 0.2) is 0 Å². The third kappa shape index (κ3) is 4.15. The van der Waals surface area contributed by atoms with Crippen molar-refractivity contribution in [3.8, 4) is 6.07 Å². The van der Waals surface area contributed by atoms with Crippen LogP contribution in [0.2, 0.25) is 0 Å². The summed E-state index contributed by atoms with van der Waals surface area (Å²) in [5.41, 5.74) is 1.37. The fourth-order valence-electron chi connectivity index (χ4n) is 2.00. The van der Waals surface area contributed by atoms with E-state index < -0.39 is 11.7 Å². The number of carbonyl (C=O) groups is 1. The second-order valence-corrected chi connectivity index (χ2v) is 4.65. The van der Waals surface area contributed by atoms with Gasteiger partial charge in [-0.15, -0.1) is 0 Å². The molecule has 0 fully saturated rings. The van der Waals surface area contributed by atoms with E-state index in [1.807, 2.05) is 36.4 Å². The molecule has 0 heterocycles. The van der Waals surface area contributed by atoms with Crippen molar-refractivity contribution < 1.29 is 9.18 Å². The summed E-state index contributed by atoms with van der Waals surface area (Å²) in [5, 5.41) is 11.3. The van der Waals surface area contributed by atoms with Crippen LogP contribution in [0.4, 0.5) is 4.39 Å². The quantitative estimate of drug-likeness (QED) is 0.857. The van der Waals surface area contributed by atoms with Crippen LogP contribution in [0.5, 0.6) is 0 Å². The highest BCUT2D eigenvalue weighted by Gasteiger charge is 2.11. The maximum Gasteiger partial charge on any atom is 0.254 e. The number of halogens is 1. The lowest BCUT2D eigenvalue weighted by Crippen LogP contribution is -2.25. The Balaban J connectivity index is 1.84. The zero-order valence-corrected chi connectivity index (χ0v) is 11.5. The van der Waals surface area contributed by atoms with E-state index in [1.165, 1.54) is 17.7 Å². The first-order valence-electron chi connectivity index (χ1n) is 6.72. The predicted octanol–water partition coefficient (Wildman–Crippen LogP) is 3.06. The van der Waals surface area contributed by atoms with Crippen LogP contribution in [-0.2, 0) is 6.42 Å². The Morgan fingerprint density at radius 2 is 1.95 bits per heavy atom. The minimum atomic E-state index is -0.672. The second kappa shape index (κ2) is 7.20. The molecule has 0 radical (unpaired) electrons. The monoisotopic (exact) mass is 282 g/mol. The first kappa shape index (κ1) is 14.7. The summed E-state index contributed by atoms with van der Waals surface area (Å²) >= 11 is 0. The summed E-state index contributed by atoms with van der Waals surface area (Å²) in [4.78, 5) is 11.8. The van der Waals surface area contributed by atoms with Crippen molar-refractivity contribution in [2.75, 3.05) is 6.54 Å². The van der Waals surface area contributed by atoms with Gasteiger partial charge in [-0.25, -0.2) is 4.39 Å². The van der Waals surface area contributed by atoms with E-state index in [2.05, 4.69) is 5.32 Å². The minimum Gasteiger partial charge on any atom is -0.352 e. The standard InChI is InChI=1S/C17H15FN2O/c18-16-11-14(12-19)8-9-15(16)17(21)20-10-4-7-13-5-2-1-3-6-13/h1-3,5-6,8-9,11H,4,7,10H2,(H,20,21). The van der Waals surface area contributed by atoms with Crippen molar-refractivity contribution in [2.45, 2.75) is 12.8 Å². The highest BCUT2D eigenvalue weighted by atomic mass is 19.1. The van der Waals surface area contributed by atoms with Crippen LogP contribution < -0.4 is 5.32 Å². The predicted molar refractivity (Wildman–Crippen MR) is 78.2 cm³/mol. The second-order valence-electron chi connectivity index (χ2n) is 4.65. The molecule has 0 aliphatic heterocycles. The number of aryl methyl sites for hydroxylation is 1. The summed E-state index contributed by atoms with van der Waals surface area (Å²) in [7, 11) is 0. The van der Waals surface area contributed by atoms with Gasteiger partial charge in [0, 0.05) is 6.54 Å². The SMILES string of the molecule is N#Cc1ccc(C(=O)NCCCc2ccccc2)c(F)c1. The third-order valence-corrected chi connectivity index (χ3v) is 3.11. The number of rotatable bonds is 5. The molecule has 2 aromatic rings. The summed E-state index contributed by atoms with van der Waals surface area (Å²) in [5.74, 6) is -1.13. The van der Waals surface area contributed by atoms with Gasteiger partial charge < -0.3 is 5.32 Å². The maximum absolute atomic E-state index is 13.6. The van der Waals surface area contributed by atoms with Gasteiger partial charge in [0.05, 0.1) is 17.2 Å². The molecule has 0 unspecified atom stereocenters. The number of nitrogens with one attached hydrogen (secondary N) is 1. The molecule has 21 heavy (non-hydrogen) atoms. The Morgan fingerprint density at radius 1 is 1.19 bits per heavy atom. The molecule has 1 amide bonds. The molecule has 0 saturated carbocycles. The topological polar surface area (TPSA) is 52.9 Å². The van der Waals surface area contributed by atoms with E-state index in [1.54, 1.807) is 0 Å². The molecule has 0 aromatic heterocycles. The summed E-state index contributed by atoms with van der Waals surface area (Å²) < 4.78 is 13.6. The average Bonchev–Trinajstić information content (AvgIpc) is 2.52. The molecule has 3 nitrogen and oxygen atoms in total. The normalized spacial score (nSPS) is 9.90. The van der Waals surface area contributed by atoms with Crippen LogP contribution >= 0.6 is 0 Å². The van der Waals surface area contributed by atoms with Crippen molar-refractivity contribution in [2.24, 2.45) is 0 Å². The molecule has 1 N–H and O–H groups in total. The molecule has 0 atom stereocenters. The highest BCUT2D eigenvalue weighted by Crippen LogP contribution is 2.10. The van der Waals surface area contributed by atoms with Gasteiger partial charge in [0.25, 0.3) is 5.91 Å². The summed E-state index contributed by atoms with van der Waals surface area (Å²) in [6.07, 6.45) is 1.64. The molecule has 0 spiro atoms. The molecule has 0 aliphatic carbocycles. The molecular weight excluding hydrogens is 267 g/mol. The fourth-order valence-corrected chi connectivity index (χ4v) is 2.00. The molecule has 2 aromatic carbocycles. The lowest BCUT2D eigenvalue weighted by molar-refractivity contribution is 0.0949. The van der Waals surface area contributed by atoms with Crippen molar-refractivity contribution in [3.05, 3.63) is 71.0 Å². The Labute approximate surface area is 123 Å². The number of hydrogen-bond donors (Lipinski definition) is 1. The van der Waals surface area contributed by atoms with Crippen LogP contribution in [0.1, 0.15) is 27.9 Å². The molecule has 106 valence electrons. The number of amides is 1. The number of benzene rings is 2. The van der Waals surface area contributed by atoms with E-state index in [-0.39, 0.29) is 11.1 Å². The summed E-state index contributed by atoms with van der Waals surface area (Å²) in [6.45, 7) is 0.479. The largest absolute Gasteiger partial charge is 0.352 e. The van der Waals surface area contributed by atoms with Gasteiger partial charge in [0.2, 0.25) is 0 Å². The smallest absolute Gasteiger partial charge is 0.254 e. The lowest BCUT2D eigenvalue weighted by atomic mass is 10.1. The molecule has 0 saturated heterocycles. The summed E-state index contributed by atoms with van der Waals surface area (Å²) in [6, 6.07) is 15.6. The van der Waals surface area contributed by atoms with Crippen LogP contribution in [-0.4, -0.2) is 12.5 Å². The van der Waals surface area contributed by atoms with Gasteiger partial charge in [0.1, 0.15) is 5.82 Å². The number of nitriles is 1. The molecule has 0 bridgehead atoms. The number of nitrogens with zero attached hydrogens (tertiary/aromatic N) is 1. The van der Waals surface area contributed by atoms with Gasteiger partial charge in [-0.2, -0.15) is 5.26 Å². The van der Waals surface area contributed by atoms with E-state index in [0.29, 0.717) is 6.54 Å². The Hall–Kier alpha value is -2.67. The number of carbonyl (C=O) groups excluding carboxylic acids is 1. The highest BCUT2D eigenvalue weighted by molar-refractivity contribution is 5.94. The van der Waals surface area contributed by atoms with Gasteiger partial charge in [-0.3, -0.25) is 4.79 Å². The maximum atomic E-state index is 13.6. The van der Waals surface area contributed by atoms with E-state index in [4.69, 9.17) is 5.26 Å². The molecule has 4 heteroatoms. The Morgan fingerprint density at radius 3 is 2.62 bits per heavy atom. The van der Waals surface area contributed by atoms with Crippen LogP contribution in [0.25, 0.3) is 0 Å². The average molecular weight is 282 g/mol. The van der Waals surface area contributed by atoms with Gasteiger partial charge >= 0.3 is 0 Å². The van der Waals surface area contributed by atoms with Crippen LogP contribution in [0.15, 0.2) is 48.5 Å². The Kier molecular flexibility index (Phi) is 5.05. The van der Waals surface area contributed by atoms with E-state index in [0.717, 1.165) is 18.9 Å². The first-order chi connectivity index (χ1) is 10.2. The molecule has 0 aliphatic rings. The van der Waals surface area contributed by atoms with Crippen LogP contribution in [0, 0.1) is 17.1 Å². The first-order valence-corrected chi connectivity index (χ1v) is 6.72.